The van der Waals surface area contributed by atoms with E-state index in [-0.39, 0.29) is 5.75 Å². The second kappa shape index (κ2) is 5.36. The highest BCUT2D eigenvalue weighted by molar-refractivity contribution is 8.01. The number of carbonyl (C=O) groups is 1. The molecule has 0 radical (unpaired) electrons. The van der Waals surface area contributed by atoms with Gasteiger partial charge in [0.05, 0.1) is 0 Å². The van der Waals surface area contributed by atoms with E-state index in [9.17, 15) is 9.90 Å². The van der Waals surface area contributed by atoms with Crippen molar-refractivity contribution in [2.24, 2.45) is 5.73 Å². The van der Waals surface area contributed by atoms with Gasteiger partial charge >= 0.3 is 0 Å². The molecule has 0 heterocycles. The SMILES string of the molecule is CC(Sc1ccc(O)cc1)(C(N)=O)c1ccccc1. The topological polar surface area (TPSA) is 63.3 Å². The van der Waals surface area contributed by atoms with Crippen LogP contribution >= 0.6 is 11.8 Å². The number of nitrogens with two attached hydrogens (primary N) is 1. The van der Waals surface area contributed by atoms with Gasteiger partial charge in [-0.3, -0.25) is 4.79 Å². The molecule has 0 aliphatic heterocycles. The normalized spacial score (nSPS) is 13.7. The number of primary amides is 1. The Balaban J connectivity index is 2.36. The zero-order valence-corrected chi connectivity index (χ0v) is 11.4. The molecule has 0 aliphatic rings. The molecule has 0 bridgehead atoms. The first-order valence-corrected chi connectivity index (χ1v) is 6.67. The number of aromatic hydroxyl groups is 1. The molecule has 0 aliphatic carbocycles. The molecular formula is C15H15NO2S. The van der Waals surface area contributed by atoms with E-state index in [4.69, 9.17) is 5.73 Å². The van der Waals surface area contributed by atoms with E-state index in [1.807, 2.05) is 37.3 Å². The van der Waals surface area contributed by atoms with Gasteiger partial charge in [0, 0.05) is 4.90 Å². The van der Waals surface area contributed by atoms with E-state index < -0.39 is 10.7 Å². The van der Waals surface area contributed by atoms with Crippen LogP contribution in [-0.2, 0) is 9.54 Å². The van der Waals surface area contributed by atoms with Crippen LogP contribution in [0.5, 0.6) is 5.75 Å². The van der Waals surface area contributed by atoms with Crippen LogP contribution in [0.15, 0.2) is 59.5 Å². The number of carbonyl (C=O) groups excluding carboxylic acids is 1. The maximum absolute atomic E-state index is 11.8. The molecule has 0 aromatic heterocycles. The van der Waals surface area contributed by atoms with E-state index in [0.29, 0.717) is 0 Å². The molecule has 0 saturated carbocycles. The van der Waals surface area contributed by atoms with Crippen LogP contribution in [-0.4, -0.2) is 11.0 Å². The summed E-state index contributed by atoms with van der Waals surface area (Å²) in [6.45, 7) is 1.81. The largest absolute Gasteiger partial charge is 0.508 e. The molecule has 1 amide bonds. The molecule has 4 heteroatoms. The average Bonchev–Trinajstić information content (AvgIpc) is 2.42. The summed E-state index contributed by atoms with van der Waals surface area (Å²) in [7, 11) is 0. The summed E-state index contributed by atoms with van der Waals surface area (Å²) in [5.41, 5.74) is 6.43. The Hall–Kier alpha value is -1.94. The van der Waals surface area contributed by atoms with Crippen molar-refractivity contribution in [1.29, 1.82) is 0 Å². The van der Waals surface area contributed by atoms with Crippen molar-refractivity contribution in [3.63, 3.8) is 0 Å². The number of thioether (sulfide) groups is 1. The van der Waals surface area contributed by atoms with Gasteiger partial charge in [-0.2, -0.15) is 0 Å². The third kappa shape index (κ3) is 2.90. The number of amides is 1. The lowest BCUT2D eigenvalue weighted by Crippen LogP contribution is -2.35. The van der Waals surface area contributed by atoms with Crippen molar-refractivity contribution in [1.82, 2.24) is 0 Å². The summed E-state index contributed by atoms with van der Waals surface area (Å²) >= 11 is 1.38. The van der Waals surface area contributed by atoms with Crippen LogP contribution in [0.3, 0.4) is 0 Å². The summed E-state index contributed by atoms with van der Waals surface area (Å²) < 4.78 is -0.835. The maximum atomic E-state index is 11.8. The van der Waals surface area contributed by atoms with Gasteiger partial charge in [0.2, 0.25) is 5.91 Å². The van der Waals surface area contributed by atoms with Gasteiger partial charge < -0.3 is 10.8 Å². The minimum atomic E-state index is -0.835. The highest BCUT2D eigenvalue weighted by Gasteiger charge is 2.34. The zero-order chi connectivity index (χ0) is 13.9. The maximum Gasteiger partial charge on any atom is 0.238 e. The second-order valence-corrected chi connectivity index (χ2v) is 5.85. The molecule has 0 saturated heterocycles. The molecule has 2 rings (SSSR count). The third-order valence-electron chi connectivity index (χ3n) is 2.95. The van der Waals surface area contributed by atoms with Crippen LogP contribution in [0.2, 0.25) is 0 Å². The monoisotopic (exact) mass is 273 g/mol. The minimum Gasteiger partial charge on any atom is -0.508 e. The van der Waals surface area contributed by atoms with Gasteiger partial charge in [-0.1, -0.05) is 30.3 Å². The Morgan fingerprint density at radius 2 is 1.68 bits per heavy atom. The highest BCUT2D eigenvalue weighted by Crippen LogP contribution is 2.41. The summed E-state index contributed by atoms with van der Waals surface area (Å²) in [5, 5.41) is 9.28. The molecule has 2 aromatic carbocycles. The van der Waals surface area contributed by atoms with Crippen molar-refractivity contribution >= 4 is 17.7 Å². The van der Waals surface area contributed by atoms with E-state index >= 15 is 0 Å². The molecule has 19 heavy (non-hydrogen) atoms. The van der Waals surface area contributed by atoms with Crippen LogP contribution < -0.4 is 5.73 Å². The molecule has 2 aromatic rings. The van der Waals surface area contributed by atoms with Gasteiger partial charge in [0.25, 0.3) is 0 Å². The third-order valence-corrected chi connectivity index (χ3v) is 4.31. The van der Waals surface area contributed by atoms with Crippen molar-refractivity contribution in [2.45, 2.75) is 16.6 Å². The fraction of sp³-hybridized carbons (Fsp3) is 0.133. The highest BCUT2D eigenvalue weighted by atomic mass is 32.2. The van der Waals surface area contributed by atoms with Gasteiger partial charge in [-0.15, -0.1) is 11.8 Å². The Bertz CT molecular complexity index is 568. The lowest BCUT2D eigenvalue weighted by atomic mass is 10.00. The van der Waals surface area contributed by atoms with Gasteiger partial charge in [-0.25, -0.2) is 0 Å². The van der Waals surface area contributed by atoms with E-state index in [0.717, 1.165) is 10.5 Å². The van der Waals surface area contributed by atoms with Crippen LogP contribution in [0.1, 0.15) is 12.5 Å². The Morgan fingerprint density at radius 1 is 1.11 bits per heavy atom. The fourth-order valence-corrected chi connectivity index (χ4v) is 2.86. The predicted molar refractivity (Wildman–Crippen MR) is 77.0 cm³/mol. The lowest BCUT2D eigenvalue weighted by molar-refractivity contribution is -0.120. The van der Waals surface area contributed by atoms with Gasteiger partial charge in [0.15, 0.2) is 0 Å². The first kappa shape index (κ1) is 13.5. The molecule has 98 valence electrons. The van der Waals surface area contributed by atoms with E-state index in [1.165, 1.54) is 11.8 Å². The number of hydrogen-bond donors (Lipinski definition) is 2. The number of benzene rings is 2. The Kier molecular flexibility index (Phi) is 3.81. The summed E-state index contributed by atoms with van der Waals surface area (Å²) in [4.78, 5) is 12.7. The van der Waals surface area contributed by atoms with Crippen molar-refractivity contribution in [3.8, 4) is 5.75 Å². The Labute approximate surface area is 116 Å². The van der Waals surface area contributed by atoms with Crippen LogP contribution in [0, 0.1) is 0 Å². The molecular weight excluding hydrogens is 258 g/mol. The zero-order valence-electron chi connectivity index (χ0n) is 10.5. The van der Waals surface area contributed by atoms with Crippen LogP contribution in [0.4, 0.5) is 0 Å². The number of rotatable bonds is 4. The quantitative estimate of drug-likeness (QED) is 0.842. The van der Waals surface area contributed by atoms with Crippen molar-refractivity contribution in [2.75, 3.05) is 0 Å². The Morgan fingerprint density at radius 3 is 2.21 bits per heavy atom. The minimum absolute atomic E-state index is 0.199. The molecule has 0 fully saturated rings. The van der Waals surface area contributed by atoms with Gasteiger partial charge in [0.1, 0.15) is 10.5 Å². The van der Waals surface area contributed by atoms with Crippen LogP contribution in [0.25, 0.3) is 0 Å². The molecule has 1 atom stereocenters. The number of phenols is 1. The number of phenolic OH excluding ortho intramolecular Hbond substituents is 1. The molecule has 3 nitrogen and oxygen atoms in total. The van der Waals surface area contributed by atoms with Crippen molar-refractivity contribution in [3.05, 3.63) is 60.2 Å². The first-order chi connectivity index (χ1) is 9.02. The van der Waals surface area contributed by atoms with Crippen molar-refractivity contribution < 1.29 is 9.90 Å². The summed E-state index contributed by atoms with van der Waals surface area (Å²) in [6.07, 6.45) is 0. The summed E-state index contributed by atoms with van der Waals surface area (Å²) in [5.74, 6) is -0.193. The smallest absolute Gasteiger partial charge is 0.238 e. The second-order valence-electron chi connectivity index (χ2n) is 4.36. The standard InChI is InChI=1S/C15H15NO2S/c1-15(14(16)18,11-5-3-2-4-6-11)19-13-9-7-12(17)8-10-13/h2-10,17H,1H3,(H2,16,18). The number of hydrogen-bond acceptors (Lipinski definition) is 3. The molecule has 0 spiro atoms. The first-order valence-electron chi connectivity index (χ1n) is 5.86. The summed E-state index contributed by atoms with van der Waals surface area (Å²) in [6, 6.07) is 16.2. The average molecular weight is 273 g/mol. The predicted octanol–water partition coefficient (Wildman–Crippen LogP) is 2.89. The fourth-order valence-electron chi connectivity index (χ4n) is 1.76. The lowest BCUT2D eigenvalue weighted by Gasteiger charge is -2.26. The van der Waals surface area contributed by atoms with Gasteiger partial charge in [-0.05, 0) is 36.8 Å². The van der Waals surface area contributed by atoms with E-state index in [2.05, 4.69) is 0 Å². The molecule has 3 N–H and O–H groups in total. The van der Waals surface area contributed by atoms with E-state index in [1.54, 1.807) is 24.3 Å². The molecule has 1 unspecified atom stereocenters.